The average Bonchev–Trinajstić information content (AvgIpc) is 3.24. The Bertz CT molecular complexity index is 1070. The lowest BCUT2D eigenvalue weighted by Gasteiger charge is -2.08. The van der Waals surface area contributed by atoms with Gasteiger partial charge in [-0.05, 0) is 54.3 Å². The normalized spacial score (nSPS) is 14.1. The van der Waals surface area contributed by atoms with Crippen LogP contribution in [0.4, 0.5) is 0 Å². The van der Waals surface area contributed by atoms with Gasteiger partial charge in [0.15, 0.2) is 5.76 Å². The standard InChI is InChI=1S/C21H13ClO4S/c1-12-9-15(25-21(24)13-4-6-14(22)7-5-13)10-17-19(12)20(23)18(26-17)11-16-3-2-8-27-16/h2-11H,1H3/b18-11-. The summed E-state index contributed by atoms with van der Waals surface area (Å²) in [5.74, 6) is 0.283. The molecule has 4 rings (SSSR count). The van der Waals surface area contributed by atoms with E-state index in [1.165, 1.54) is 11.3 Å². The molecule has 0 saturated heterocycles. The Balaban J connectivity index is 1.60. The van der Waals surface area contributed by atoms with E-state index in [1.54, 1.807) is 49.4 Å². The second-order valence-corrected chi connectivity index (χ2v) is 7.38. The molecule has 3 aromatic rings. The number of ether oxygens (including phenoxy) is 2. The summed E-state index contributed by atoms with van der Waals surface area (Å²) in [6, 6.07) is 13.4. The highest BCUT2D eigenvalue weighted by molar-refractivity contribution is 7.10. The molecular weight excluding hydrogens is 384 g/mol. The molecule has 0 radical (unpaired) electrons. The smallest absolute Gasteiger partial charge is 0.343 e. The van der Waals surface area contributed by atoms with Crippen LogP contribution in [0.25, 0.3) is 6.08 Å². The number of allylic oxidation sites excluding steroid dienone is 1. The first kappa shape index (κ1) is 17.5. The first-order valence-corrected chi connectivity index (χ1v) is 9.37. The van der Waals surface area contributed by atoms with E-state index >= 15 is 0 Å². The van der Waals surface area contributed by atoms with E-state index in [9.17, 15) is 9.59 Å². The van der Waals surface area contributed by atoms with Crippen molar-refractivity contribution in [2.75, 3.05) is 0 Å². The molecule has 0 amide bonds. The highest BCUT2D eigenvalue weighted by Crippen LogP contribution is 2.38. The predicted octanol–water partition coefficient (Wildman–Crippen LogP) is 5.55. The number of carbonyl (C=O) groups is 2. The lowest BCUT2D eigenvalue weighted by Crippen LogP contribution is -2.08. The highest BCUT2D eigenvalue weighted by Gasteiger charge is 2.30. The van der Waals surface area contributed by atoms with Crippen molar-refractivity contribution in [1.82, 2.24) is 0 Å². The summed E-state index contributed by atoms with van der Waals surface area (Å²) < 4.78 is 11.2. The number of rotatable bonds is 3. The molecular formula is C21H13ClO4S. The van der Waals surface area contributed by atoms with E-state index < -0.39 is 5.97 Å². The third-order valence-electron chi connectivity index (χ3n) is 4.05. The summed E-state index contributed by atoms with van der Waals surface area (Å²) >= 11 is 7.35. The fourth-order valence-electron chi connectivity index (χ4n) is 2.79. The van der Waals surface area contributed by atoms with Crippen molar-refractivity contribution < 1.29 is 19.1 Å². The Morgan fingerprint density at radius 1 is 1.19 bits per heavy atom. The zero-order valence-corrected chi connectivity index (χ0v) is 15.8. The summed E-state index contributed by atoms with van der Waals surface area (Å²) in [5, 5.41) is 2.47. The van der Waals surface area contributed by atoms with Crippen molar-refractivity contribution in [2.24, 2.45) is 0 Å². The van der Waals surface area contributed by atoms with Crippen LogP contribution in [0.2, 0.25) is 5.02 Å². The zero-order valence-electron chi connectivity index (χ0n) is 14.2. The van der Waals surface area contributed by atoms with Crippen LogP contribution in [-0.4, -0.2) is 11.8 Å². The Labute approximate surface area is 164 Å². The van der Waals surface area contributed by atoms with Gasteiger partial charge in [0, 0.05) is 22.0 Å². The van der Waals surface area contributed by atoms with Crippen molar-refractivity contribution >= 4 is 40.8 Å². The number of hydrogen-bond acceptors (Lipinski definition) is 5. The number of ketones is 1. The van der Waals surface area contributed by atoms with E-state index in [2.05, 4.69) is 0 Å². The van der Waals surface area contributed by atoms with E-state index in [-0.39, 0.29) is 11.5 Å². The van der Waals surface area contributed by atoms with E-state index in [1.807, 2.05) is 17.5 Å². The average molecular weight is 397 g/mol. The van der Waals surface area contributed by atoms with Gasteiger partial charge in [-0.2, -0.15) is 0 Å². The molecule has 1 aliphatic heterocycles. The van der Waals surface area contributed by atoms with Gasteiger partial charge in [-0.1, -0.05) is 17.7 Å². The zero-order chi connectivity index (χ0) is 19.0. The minimum atomic E-state index is -0.510. The van der Waals surface area contributed by atoms with Crippen LogP contribution in [0.3, 0.4) is 0 Å². The molecule has 2 heterocycles. The second-order valence-electron chi connectivity index (χ2n) is 5.96. The molecule has 0 aliphatic carbocycles. The maximum Gasteiger partial charge on any atom is 0.343 e. The molecule has 0 saturated carbocycles. The third-order valence-corrected chi connectivity index (χ3v) is 5.12. The van der Waals surface area contributed by atoms with Crippen molar-refractivity contribution in [3.05, 3.63) is 86.3 Å². The summed E-state index contributed by atoms with van der Waals surface area (Å²) in [4.78, 5) is 25.8. The fourth-order valence-corrected chi connectivity index (χ4v) is 3.56. The molecule has 0 spiro atoms. The number of hydrogen-bond donors (Lipinski definition) is 0. The van der Waals surface area contributed by atoms with Crippen LogP contribution in [0.15, 0.2) is 59.7 Å². The van der Waals surface area contributed by atoms with E-state index in [0.29, 0.717) is 33.2 Å². The minimum Gasteiger partial charge on any atom is -0.452 e. The molecule has 0 N–H and O–H groups in total. The maximum absolute atomic E-state index is 12.6. The van der Waals surface area contributed by atoms with Crippen molar-refractivity contribution in [1.29, 1.82) is 0 Å². The first-order valence-electron chi connectivity index (χ1n) is 8.11. The summed E-state index contributed by atoms with van der Waals surface area (Å²) in [6.07, 6.45) is 1.71. The van der Waals surface area contributed by atoms with Gasteiger partial charge in [0.25, 0.3) is 0 Å². The van der Waals surface area contributed by atoms with Gasteiger partial charge >= 0.3 is 5.97 Å². The quantitative estimate of drug-likeness (QED) is 0.331. The Morgan fingerprint density at radius 3 is 2.67 bits per heavy atom. The van der Waals surface area contributed by atoms with Gasteiger partial charge in [-0.3, -0.25) is 4.79 Å². The number of fused-ring (bicyclic) bond motifs is 1. The Kier molecular flexibility index (Phi) is 4.56. The Hall–Kier alpha value is -2.89. The molecule has 0 atom stereocenters. The topological polar surface area (TPSA) is 52.6 Å². The van der Waals surface area contributed by atoms with Gasteiger partial charge in [0.05, 0.1) is 11.1 Å². The van der Waals surface area contributed by atoms with Crippen molar-refractivity contribution in [3.8, 4) is 11.5 Å². The number of aryl methyl sites for hydroxylation is 1. The largest absolute Gasteiger partial charge is 0.452 e. The van der Waals surface area contributed by atoms with Crippen molar-refractivity contribution in [3.63, 3.8) is 0 Å². The number of halogens is 1. The molecule has 2 aromatic carbocycles. The van der Waals surface area contributed by atoms with Crippen LogP contribution in [0.1, 0.15) is 31.2 Å². The van der Waals surface area contributed by atoms with Gasteiger partial charge in [0.2, 0.25) is 5.78 Å². The molecule has 0 fully saturated rings. The van der Waals surface area contributed by atoms with Crippen LogP contribution < -0.4 is 9.47 Å². The summed E-state index contributed by atoms with van der Waals surface area (Å²) in [5.41, 5.74) is 1.56. The molecule has 1 aliphatic rings. The minimum absolute atomic E-state index is 0.175. The molecule has 6 heteroatoms. The van der Waals surface area contributed by atoms with Crippen molar-refractivity contribution in [2.45, 2.75) is 6.92 Å². The van der Waals surface area contributed by atoms with Gasteiger partial charge in [0.1, 0.15) is 11.5 Å². The predicted molar refractivity (Wildman–Crippen MR) is 105 cm³/mol. The van der Waals surface area contributed by atoms with Crippen LogP contribution in [0.5, 0.6) is 11.5 Å². The molecule has 27 heavy (non-hydrogen) atoms. The maximum atomic E-state index is 12.6. The first-order chi connectivity index (χ1) is 13.0. The third kappa shape index (κ3) is 3.52. The summed E-state index contributed by atoms with van der Waals surface area (Å²) in [7, 11) is 0. The van der Waals surface area contributed by atoms with Gasteiger partial charge < -0.3 is 9.47 Å². The molecule has 0 unspecified atom stereocenters. The fraction of sp³-hybridized carbons (Fsp3) is 0.0476. The number of esters is 1. The van der Waals surface area contributed by atoms with Crippen LogP contribution in [-0.2, 0) is 0 Å². The van der Waals surface area contributed by atoms with Gasteiger partial charge in [-0.25, -0.2) is 4.79 Å². The van der Waals surface area contributed by atoms with Crippen LogP contribution >= 0.6 is 22.9 Å². The SMILES string of the molecule is Cc1cc(OC(=O)c2ccc(Cl)cc2)cc2c1C(=O)/C(=C/c1cccs1)O2. The molecule has 1 aromatic heterocycles. The van der Waals surface area contributed by atoms with Crippen LogP contribution in [0, 0.1) is 6.92 Å². The highest BCUT2D eigenvalue weighted by atomic mass is 35.5. The molecule has 134 valence electrons. The lowest BCUT2D eigenvalue weighted by molar-refractivity contribution is 0.0734. The number of carbonyl (C=O) groups excluding carboxylic acids is 2. The number of thiophene rings is 1. The van der Waals surface area contributed by atoms with Gasteiger partial charge in [-0.15, -0.1) is 11.3 Å². The van der Waals surface area contributed by atoms with E-state index in [0.717, 1.165) is 4.88 Å². The Morgan fingerprint density at radius 2 is 1.96 bits per heavy atom. The van der Waals surface area contributed by atoms with E-state index in [4.69, 9.17) is 21.1 Å². The molecule has 0 bridgehead atoms. The monoisotopic (exact) mass is 396 g/mol. The number of Topliss-reactive ketones (excluding diaryl/α,β-unsaturated/α-hetero) is 1. The summed E-state index contributed by atoms with van der Waals surface area (Å²) in [6.45, 7) is 1.79. The molecule has 4 nitrogen and oxygen atoms in total. The number of benzene rings is 2. The second kappa shape index (κ2) is 7.02. The lowest BCUT2D eigenvalue weighted by atomic mass is 10.0.